The molecule has 4 nitrogen and oxygen atoms in total. The third kappa shape index (κ3) is 5.68. The number of hydrogen-bond acceptors (Lipinski definition) is 4. The molecule has 228 valence electrons. The van der Waals surface area contributed by atoms with Gasteiger partial charge in [0, 0.05) is 26.1 Å². The maximum atomic E-state index is 14.3. The zero-order valence-corrected chi connectivity index (χ0v) is 26.2. The van der Waals surface area contributed by atoms with Crippen molar-refractivity contribution in [2.45, 2.75) is 63.9 Å². The maximum Gasteiger partial charge on any atom is 0.378 e. The van der Waals surface area contributed by atoms with Crippen molar-refractivity contribution >= 4 is 56.9 Å². The van der Waals surface area contributed by atoms with E-state index in [0.717, 1.165) is 24.8 Å². The predicted octanol–water partition coefficient (Wildman–Crippen LogP) is 9.05. The van der Waals surface area contributed by atoms with Gasteiger partial charge in [0.15, 0.2) is 6.10 Å². The molecule has 1 heterocycles. The van der Waals surface area contributed by atoms with Crippen LogP contribution in [0.1, 0.15) is 57.4 Å². The van der Waals surface area contributed by atoms with Crippen LogP contribution in [0.15, 0.2) is 78.9 Å². The average Bonchev–Trinajstić information content (AvgIpc) is 3.34. The lowest BCUT2D eigenvalue weighted by Crippen LogP contribution is -2.57. The summed E-state index contributed by atoms with van der Waals surface area (Å²) in [6, 6.07) is 26.9. The number of carboxylic acids is 1. The quantitative estimate of drug-likeness (QED) is 0.218. The number of thiophene rings is 1. The van der Waals surface area contributed by atoms with E-state index < -0.39 is 35.3 Å². The lowest BCUT2D eigenvalue weighted by Gasteiger charge is -2.60. The summed E-state index contributed by atoms with van der Waals surface area (Å²) < 4.78 is 36.8. The predicted molar refractivity (Wildman–Crippen MR) is 172 cm³/mol. The Morgan fingerprint density at radius 1 is 0.860 bits per heavy atom. The van der Waals surface area contributed by atoms with Gasteiger partial charge in [-0.05, 0) is 73.5 Å². The largest absolute Gasteiger partial charge is 0.477 e. The molecule has 4 aliphatic carbocycles. The second-order valence-electron chi connectivity index (χ2n) is 12.7. The van der Waals surface area contributed by atoms with E-state index in [-0.39, 0.29) is 19.4 Å². The molecule has 0 aliphatic heterocycles. The minimum Gasteiger partial charge on any atom is -0.477 e. The molecule has 43 heavy (non-hydrogen) atoms. The molecule has 0 spiro atoms. The highest BCUT2D eigenvalue weighted by Gasteiger charge is 2.63. The summed E-state index contributed by atoms with van der Waals surface area (Å²) in [5.74, 6) is -6.71. The van der Waals surface area contributed by atoms with Crippen molar-refractivity contribution in [1.29, 1.82) is 0 Å². The molecule has 4 saturated carbocycles. The zero-order chi connectivity index (χ0) is 29.6. The monoisotopic (exact) mass is 624 g/mol. The summed E-state index contributed by atoms with van der Waals surface area (Å²) in [5.41, 5.74) is 0.219. The summed E-state index contributed by atoms with van der Waals surface area (Å²) >= 11 is 1.86. The van der Waals surface area contributed by atoms with Crippen molar-refractivity contribution < 1.29 is 28.2 Å². The molecule has 0 amide bonds. The number of ether oxygens (including phenoxy) is 1. The molecule has 1 aromatic heterocycles. The summed E-state index contributed by atoms with van der Waals surface area (Å²) in [6.07, 6.45) is 2.51. The van der Waals surface area contributed by atoms with Crippen LogP contribution in [0.4, 0.5) is 8.78 Å². The Bertz CT molecular complexity index is 1540. The molecule has 8 heteroatoms. The van der Waals surface area contributed by atoms with E-state index >= 15 is 0 Å². The molecule has 3 aromatic carbocycles. The van der Waals surface area contributed by atoms with Crippen LogP contribution in [0.5, 0.6) is 0 Å². The third-order valence-electron chi connectivity index (χ3n) is 9.64. The first-order chi connectivity index (χ1) is 20.1. The van der Waals surface area contributed by atoms with Gasteiger partial charge in [-0.1, -0.05) is 80.6 Å². The van der Waals surface area contributed by atoms with E-state index in [9.17, 15) is 18.4 Å². The van der Waals surface area contributed by atoms with Crippen LogP contribution < -0.4 is 0 Å². The zero-order valence-electron chi connectivity index (χ0n) is 24.3. The van der Waals surface area contributed by atoms with Gasteiger partial charge in [-0.3, -0.25) is 4.79 Å². The fourth-order valence-electron chi connectivity index (χ4n) is 8.24. The van der Waals surface area contributed by atoms with E-state index in [2.05, 4.69) is 48.5 Å². The van der Waals surface area contributed by atoms with Gasteiger partial charge in [0.25, 0.3) is 0 Å². The average molecular weight is 625 g/mol. The maximum absolute atomic E-state index is 14.3. The van der Waals surface area contributed by atoms with E-state index in [1.54, 1.807) is 0 Å². The van der Waals surface area contributed by atoms with Gasteiger partial charge >= 0.3 is 17.9 Å². The standard InChI is InChI=1S/C23H28F2O4.C12H8S.H2S/c1-13(2)19(23(24,25)20(26)27)29-21(28)22-11-14-8-15(12-22)10-17(9-14)18(22)16-6-4-3-5-7-16;1-3-7-11-9(5-1)10-6-2-4-8-12(10)13-11;/h3-7,13-15,17-19H,8-12H2,1-2H3,(H,26,27);1-8H;1H2. The van der Waals surface area contributed by atoms with Gasteiger partial charge in [-0.2, -0.15) is 22.3 Å². The van der Waals surface area contributed by atoms with Crippen molar-refractivity contribution in [3.63, 3.8) is 0 Å². The molecule has 4 aromatic rings. The Morgan fingerprint density at radius 3 is 1.88 bits per heavy atom. The van der Waals surface area contributed by atoms with E-state index in [0.29, 0.717) is 30.6 Å². The molecule has 4 fully saturated rings. The van der Waals surface area contributed by atoms with Gasteiger partial charge in [-0.25, -0.2) is 4.79 Å². The first-order valence-electron chi connectivity index (χ1n) is 14.8. The van der Waals surface area contributed by atoms with Gasteiger partial charge in [-0.15, -0.1) is 11.3 Å². The second-order valence-corrected chi connectivity index (χ2v) is 13.8. The van der Waals surface area contributed by atoms with E-state index in [1.165, 1.54) is 34.0 Å². The van der Waals surface area contributed by atoms with Crippen LogP contribution in [-0.2, 0) is 14.3 Å². The molecular formula is C35H38F2O4S2. The highest BCUT2D eigenvalue weighted by molar-refractivity contribution is 7.59. The van der Waals surface area contributed by atoms with Crippen molar-refractivity contribution in [1.82, 2.24) is 0 Å². The number of hydrogen-bond donors (Lipinski definition) is 1. The Balaban J connectivity index is 0.000000218. The summed E-state index contributed by atoms with van der Waals surface area (Å²) in [4.78, 5) is 24.7. The number of halogens is 2. The molecule has 4 atom stereocenters. The van der Waals surface area contributed by atoms with Crippen molar-refractivity contribution in [2.75, 3.05) is 0 Å². The molecule has 4 bridgehead atoms. The fraction of sp³-hybridized carbons (Fsp3) is 0.429. The Hall–Kier alpha value is -2.97. The molecule has 0 saturated heterocycles. The minimum absolute atomic E-state index is 0. The van der Waals surface area contributed by atoms with Crippen LogP contribution in [0, 0.1) is 29.1 Å². The normalized spacial score (nSPS) is 26.4. The second kappa shape index (κ2) is 12.2. The van der Waals surface area contributed by atoms with Gasteiger partial charge in [0.1, 0.15) is 0 Å². The number of esters is 1. The van der Waals surface area contributed by atoms with Crippen LogP contribution in [0.2, 0.25) is 0 Å². The summed E-state index contributed by atoms with van der Waals surface area (Å²) in [5, 5.41) is 11.8. The van der Waals surface area contributed by atoms with Crippen LogP contribution in [0.3, 0.4) is 0 Å². The SMILES string of the molecule is CC(C)C(OC(=O)C12CC3CC(CC(C3)C1c1ccccc1)C2)C(F)(F)C(=O)O.S.c1ccc2c(c1)sc1ccccc12. The number of carbonyl (C=O) groups excluding carboxylic acids is 1. The van der Waals surface area contributed by atoms with E-state index in [4.69, 9.17) is 9.84 Å². The van der Waals surface area contributed by atoms with Gasteiger partial charge < -0.3 is 9.84 Å². The number of fused-ring (bicyclic) bond motifs is 3. The summed E-state index contributed by atoms with van der Waals surface area (Å²) in [6.45, 7) is 2.92. The molecular weight excluding hydrogens is 587 g/mol. The minimum atomic E-state index is -4.12. The fourth-order valence-corrected chi connectivity index (χ4v) is 9.35. The topological polar surface area (TPSA) is 63.6 Å². The molecule has 8 rings (SSSR count). The summed E-state index contributed by atoms with van der Waals surface area (Å²) in [7, 11) is 0. The number of alkyl halides is 2. The number of carboxylic acid groups (broad SMARTS) is 1. The third-order valence-corrected chi connectivity index (χ3v) is 10.8. The lowest BCUT2D eigenvalue weighted by molar-refractivity contribution is -0.213. The van der Waals surface area contributed by atoms with Crippen LogP contribution >= 0.6 is 24.8 Å². The highest BCUT2D eigenvalue weighted by Crippen LogP contribution is 2.66. The number of aliphatic carboxylic acids is 1. The number of rotatable bonds is 6. The van der Waals surface area contributed by atoms with Crippen LogP contribution in [-0.4, -0.2) is 29.1 Å². The molecule has 1 N–H and O–H groups in total. The Kier molecular flexibility index (Phi) is 8.92. The number of benzene rings is 3. The van der Waals surface area contributed by atoms with Crippen molar-refractivity contribution in [2.24, 2.45) is 29.1 Å². The lowest BCUT2D eigenvalue weighted by atomic mass is 9.44. The van der Waals surface area contributed by atoms with Crippen molar-refractivity contribution in [3.8, 4) is 0 Å². The molecule has 4 unspecified atom stereocenters. The number of carbonyl (C=O) groups is 2. The highest BCUT2D eigenvalue weighted by atomic mass is 32.1. The van der Waals surface area contributed by atoms with Gasteiger partial charge in [0.2, 0.25) is 0 Å². The Labute approximate surface area is 261 Å². The Morgan fingerprint density at radius 2 is 1.37 bits per heavy atom. The first kappa shape index (κ1) is 31.5. The molecule has 4 aliphatic rings. The van der Waals surface area contributed by atoms with Crippen LogP contribution in [0.25, 0.3) is 20.2 Å². The van der Waals surface area contributed by atoms with Gasteiger partial charge in [0.05, 0.1) is 5.41 Å². The van der Waals surface area contributed by atoms with E-state index in [1.807, 2.05) is 41.7 Å². The molecule has 0 radical (unpaired) electrons. The smallest absolute Gasteiger partial charge is 0.378 e. The van der Waals surface area contributed by atoms with Crippen molar-refractivity contribution in [3.05, 3.63) is 84.4 Å². The first-order valence-corrected chi connectivity index (χ1v) is 15.7.